The molecule has 0 bridgehead atoms. The van der Waals surface area contributed by atoms with Crippen molar-refractivity contribution in [1.29, 1.82) is 0 Å². The molecule has 96 valence electrons. The molecule has 1 heterocycles. The van der Waals surface area contributed by atoms with Crippen LogP contribution >= 0.6 is 0 Å². The second-order valence-corrected chi connectivity index (χ2v) is 5.73. The van der Waals surface area contributed by atoms with Gasteiger partial charge in [0.25, 0.3) is 0 Å². The molecule has 1 fully saturated rings. The predicted molar refractivity (Wildman–Crippen MR) is 71.8 cm³/mol. The summed E-state index contributed by atoms with van der Waals surface area (Å²) in [5, 5.41) is 3.61. The first-order valence-electron chi connectivity index (χ1n) is 7.11. The Hall–Kier alpha value is -0.0800. The predicted octanol–water partition coefficient (Wildman–Crippen LogP) is 2.89. The Balaban J connectivity index is 2.34. The van der Waals surface area contributed by atoms with Gasteiger partial charge in [-0.2, -0.15) is 0 Å². The van der Waals surface area contributed by atoms with Gasteiger partial charge in [0.2, 0.25) is 0 Å². The lowest BCUT2D eigenvalue weighted by molar-refractivity contribution is 0.173. The van der Waals surface area contributed by atoms with E-state index in [1.165, 1.54) is 45.3 Å². The van der Waals surface area contributed by atoms with E-state index in [9.17, 15) is 0 Å². The van der Waals surface area contributed by atoms with Crippen molar-refractivity contribution >= 4 is 0 Å². The molecule has 1 aliphatic heterocycles. The van der Waals surface area contributed by atoms with E-state index in [1.54, 1.807) is 0 Å². The Kier molecular flexibility index (Phi) is 6.37. The maximum atomic E-state index is 3.61. The average Bonchev–Trinajstić information content (AvgIpc) is 2.69. The van der Waals surface area contributed by atoms with E-state index in [2.05, 4.69) is 37.9 Å². The second kappa shape index (κ2) is 7.29. The summed E-state index contributed by atoms with van der Waals surface area (Å²) in [7, 11) is 0. The van der Waals surface area contributed by atoms with Gasteiger partial charge in [0.1, 0.15) is 0 Å². The van der Waals surface area contributed by atoms with Gasteiger partial charge >= 0.3 is 0 Å². The molecule has 1 rings (SSSR count). The standard InChI is InChI=1S/C14H30N2/c1-5-7-13(4)10-16(12(2)3)11-14-8-6-9-15-14/h12-15H,5-11H2,1-4H3. The van der Waals surface area contributed by atoms with Crippen molar-refractivity contribution in [2.45, 2.75) is 65.5 Å². The van der Waals surface area contributed by atoms with Crippen LogP contribution in [0.5, 0.6) is 0 Å². The molecule has 0 aliphatic carbocycles. The summed E-state index contributed by atoms with van der Waals surface area (Å²) in [5.41, 5.74) is 0. The molecule has 1 N–H and O–H groups in total. The number of nitrogens with zero attached hydrogens (tertiary/aromatic N) is 1. The van der Waals surface area contributed by atoms with Crippen LogP contribution in [0.15, 0.2) is 0 Å². The largest absolute Gasteiger partial charge is 0.313 e. The zero-order valence-electron chi connectivity index (χ0n) is 11.6. The summed E-state index contributed by atoms with van der Waals surface area (Å²) in [4.78, 5) is 2.66. The Morgan fingerprint density at radius 3 is 2.56 bits per heavy atom. The van der Waals surface area contributed by atoms with Crippen LogP contribution in [-0.4, -0.2) is 36.6 Å². The van der Waals surface area contributed by atoms with Gasteiger partial charge in [-0.05, 0) is 45.6 Å². The second-order valence-electron chi connectivity index (χ2n) is 5.73. The summed E-state index contributed by atoms with van der Waals surface area (Å²) in [6, 6.07) is 1.43. The highest BCUT2D eigenvalue weighted by Gasteiger charge is 2.20. The SMILES string of the molecule is CCCC(C)CN(CC1CCCN1)C(C)C. The van der Waals surface area contributed by atoms with Crippen LogP contribution in [0.4, 0.5) is 0 Å². The van der Waals surface area contributed by atoms with Crippen molar-refractivity contribution in [3.05, 3.63) is 0 Å². The van der Waals surface area contributed by atoms with Crippen LogP contribution in [-0.2, 0) is 0 Å². The highest BCUT2D eigenvalue weighted by molar-refractivity contribution is 4.79. The van der Waals surface area contributed by atoms with Crippen LogP contribution in [0.2, 0.25) is 0 Å². The molecule has 2 heteroatoms. The van der Waals surface area contributed by atoms with Crippen LogP contribution in [0.3, 0.4) is 0 Å². The molecule has 2 nitrogen and oxygen atoms in total. The third-order valence-corrected chi connectivity index (χ3v) is 3.68. The minimum absolute atomic E-state index is 0.682. The van der Waals surface area contributed by atoms with Crippen molar-refractivity contribution in [3.8, 4) is 0 Å². The fraction of sp³-hybridized carbons (Fsp3) is 1.00. The Labute approximate surface area is 102 Å². The average molecular weight is 226 g/mol. The van der Waals surface area contributed by atoms with E-state index >= 15 is 0 Å². The zero-order valence-corrected chi connectivity index (χ0v) is 11.6. The molecule has 1 aliphatic rings. The van der Waals surface area contributed by atoms with Gasteiger partial charge in [-0.3, -0.25) is 4.90 Å². The van der Waals surface area contributed by atoms with Gasteiger partial charge in [-0.15, -0.1) is 0 Å². The minimum Gasteiger partial charge on any atom is -0.313 e. The smallest absolute Gasteiger partial charge is 0.0195 e. The quantitative estimate of drug-likeness (QED) is 0.718. The van der Waals surface area contributed by atoms with E-state index in [0.717, 1.165) is 12.0 Å². The van der Waals surface area contributed by atoms with Crippen LogP contribution in [0, 0.1) is 5.92 Å². The summed E-state index contributed by atoms with van der Waals surface area (Å²) in [6.07, 6.45) is 5.41. The van der Waals surface area contributed by atoms with Crippen molar-refractivity contribution in [2.24, 2.45) is 5.92 Å². The lowest BCUT2D eigenvalue weighted by atomic mass is 10.0. The maximum absolute atomic E-state index is 3.61. The van der Waals surface area contributed by atoms with Crippen molar-refractivity contribution in [2.75, 3.05) is 19.6 Å². The monoisotopic (exact) mass is 226 g/mol. The molecule has 0 aromatic rings. The van der Waals surface area contributed by atoms with Gasteiger partial charge in [0, 0.05) is 25.2 Å². The molecule has 2 atom stereocenters. The van der Waals surface area contributed by atoms with Gasteiger partial charge in [0.15, 0.2) is 0 Å². The Morgan fingerprint density at radius 1 is 1.31 bits per heavy atom. The highest BCUT2D eigenvalue weighted by Crippen LogP contribution is 2.13. The molecule has 0 amide bonds. The van der Waals surface area contributed by atoms with E-state index in [-0.39, 0.29) is 0 Å². The van der Waals surface area contributed by atoms with Gasteiger partial charge < -0.3 is 5.32 Å². The first kappa shape index (κ1) is 14.0. The van der Waals surface area contributed by atoms with E-state index in [4.69, 9.17) is 0 Å². The fourth-order valence-electron chi connectivity index (χ4n) is 2.68. The number of hydrogen-bond donors (Lipinski definition) is 1. The molecule has 0 saturated carbocycles. The Bertz CT molecular complexity index is 174. The number of hydrogen-bond acceptors (Lipinski definition) is 2. The lowest BCUT2D eigenvalue weighted by Gasteiger charge is -2.31. The highest BCUT2D eigenvalue weighted by atomic mass is 15.2. The molecular weight excluding hydrogens is 196 g/mol. The molecule has 0 aromatic carbocycles. The molecule has 2 unspecified atom stereocenters. The minimum atomic E-state index is 0.682. The molecule has 0 spiro atoms. The molecule has 0 radical (unpaired) electrons. The normalized spacial score (nSPS) is 23.2. The van der Waals surface area contributed by atoms with Gasteiger partial charge in [-0.25, -0.2) is 0 Å². The first-order valence-corrected chi connectivity index (χ1v) is 7.11. The van der Waals surface area contributed by atoms with Crippen LogP contribution < -0.4 is 5.32 Å². The third-order valence-electron chi connectivity index (χ3n) is 3.68. The summed E-state index contributed by atoms with van der Waals surface area (Å²) < 4.78 is 0. The van der Waals surface area contributed by atoms with Crippen LogP contribution in [0.1, 0.15) is 53.4 Å². The van der Waals surface area contributed by atoms with E-state index in [0.29, 0.717) is 6.04 Å². The summed E-state index contributed by atoms with van der Waals surface area (Å²) >= 11 is 0. The zero-order chi connectivity index (χ0) is 12.0. The molecular formula is C14H30N2. The maximum Gasteiger partial charge on any atom is 0.0195 e. The molecule has 1 saturated heterocycles. The van der Waals surface area contributed by atoms with E-state index in [1.807, 2.05) is 0 Å². The van der Waals surface area contributed by atoms with Gasteiger partial charge in [0.05, 0.1) is 0 Å². The molecule has 0 aromatic heterocycles. The van der Waals surface area contributed by atoms with Crippen LogP contribution in [0.25, 0.3) is 0 Å². The van der Waals surface area contributed by atoms with Gasteiger partial charge in [-0.1, -0.05) is 20.3 Å². The topological polar surface area (TPSA) is 15.3 Å². The van der Waals surface area contributed by atoms with Crippen molar-refractivity contribution in [1.82, 2.24) is 10.2 Å². The fourth-order valence-corrected chi connectivity index (χ4v) is 2.68. The lowest BCUT2D eigenvalue weighted by Crippen LogP contribution is -2.43. The summed E-state index contributed by atoms with van der Waals surface area (Å²) in [5.74, 6) is 0.841. The molecule has 16 heavy (non-hydrogen) atoms. The third kappa shape index (κ3) is 4.84. The summed E-state index contributed by atoms with van der Waals surface area (Å²) in [6.45, 7) is 13.1. The Morgan fingerprint density at radius 2 is 2.06 bits per heavy atom. The number of nitrogens with one attached hydrogen (secondary N) is 1. The number of rotatable bonds is 7. The van der Waals surface area contributed by atoms with Crippen molar-refractivity contribution in [3.63, 3.8) is 0 Å². The van der Waals surface area contributed by atoms with Crippen molar-refractivity contribution < 1.29 is 0 Å². The van der Waals surface area contributed by atoms with E-state index < -0.39 is 0 Å². The first-order chi connectivity index (χ1) is 7.63.